The van der Waals surface area contributed by atoms with Crippen LogP contribution >= 0.6 is 15.9 Å². The highest BCUT2D eigenvalue weighted by Gasteiger charge is 2.45. The van der Waals surface area contributed by atoms with Crippen LogP contribution < -0.4 is 5.32 Å². The highest BCUT2D eigenvalue weighted by molar-refractivity contribution is 9.10. The van der Waals surface area contributed by atoms with Gasteiger partial charge < -0.3 is 10.2 Å². The largest absolute Gasteiger partial charge is 0.366 e. The molecule has 37 heavy (non-hydrogen) atoms. The van der Waals surface area contributed by atoms with Crippen LogP contribution in [-0.4, -0.2) is 43.5 Å². The molecule has 3 aromatic heterocycles. The number of aromatic nitrogens is 4. The standard InChI is InChI=1S/C29H31BrN6O/c30-24-20-33-36-26(32-19-21-7-6-14-31-18-21)17-25(34-27(24)36)22-10-15-35(16-11-22)28(37)29(12-4-5-13-29)23-8-2-1-3-9-23/h1-3,6-9,14,17-18,20,22,32H,4-5,10-13,15-16,19H2. The zero-order valence-electron chi connectivity index (χ0n) is 20.8. The number of benzene rings is 1. The molecule has 1 amide bonds. The first-order valence-electron chi connectivity index (χ1n) is 13.2. The van der Waals surface area contributed by atoms with Crippen molar-refractivity contribution in [2.45, 2.75) is 56.4 Å². The summed E-state index contributed by atoms with van der Waals surface area (Å²) in [7, 11) is 0. The smallest absolute Gasteiger partial charge is 0.233 e. The second kappa shape index (κ2) is 10.2. The number of halogens is 1. The van der Waals surface area contributed by atoms with E-state index in [4.69, 9.17) is 4.98 Å². The molecular weight excluding hydrogens is 528 g/mol. The number of nitrogens with zero attached hydrogens (tertiary/aromatic N) is 5. The van der Waals surface area contributed by atoms with E-state index in [1.54, 1.807) is 12.4 Å². The number of rotatable bonds is 6. The Balaban J connectivity index is 1.20. The number of carbonyl (C=O) groups is 1. The summed E-state index contributed by atoms with van der Waals surface area (Å²) in [5.74, 6) is 1.52. The molecule has 1 aliphatic heterocycles. The molecule has 190 valence electrons. The lowest BCUT2D eigenvalue weighted by molar-refractivity contribution is -0.138. The van der Waals surface area contributed by atoms with Gasteiger partial charge in [-0.3, -0.25) is 9.78 Å². The van der Waals surface area contributed by atoms with E-state index in [0.717, 1.165) is 78.8 Å². The molecule has 7 nitrogen and oxygen atoms in total. The molecular formula is C29H31BrN6O. The molecule has 4 aromatic rings. The molecule has 4 heterocycles. The van der Waals surface area contributed by atoms with Crippen LogP contribution in [0.25, 0.3) is 5.65 Å². The summed E-state index contributed by atoms with van der Waals surface area (Å²) in [5.41, 5.74) is 3.79. The first-order chi connectivity index (χ1) is 18.1. The van der Waals surface area contributed by atoms with Crippen molar-refractivity contribution >= 4 is 33.3 Å². The lowest BCUT2D eigenvalue weighted by Gasteiger charge is -2.38. The number of hydrogen-bond donors (Lipinski definition) is 1. The molecule has 0 spiro atoms. The van der Waals surface area contributed by atoms with E-state index in [-0.39, 0.29) is 5.41 Å². The third kappa shape index (κ3) is 4.63. The maximum atomic E-state index is 13.9. The summed E-state index contributed by atoms with van der Waals surface area (Å²) in [6.45, 7) is 2.19. The number of amides is 1. The van der Waals surface area contributed by atoms with Gasteiger partial charge in [-0.25, -0.2) is 4.98 Å². The average molecular weight is 560 g/mol. The Hall–Kier alpha value is -3.26. The Bertz CT molecular complexity index is 1380. The van der Waals surface area contributed by atoms with E-state index in [1.165, 1.54) is 5.56 Å². The minimum atomic E-state index is -0.350. The van der Waals surface area contributed by atoms with Crippen molar-refractivity contribution in [3.63, 3.8) is 0 Å². The maximum Gasteiger partial charge on any atom is 0.233 e. The monoisotopic (exact) mass is 558 g/mol. The number of pyridine rings is 1. The highest BCUT2D eigenvalue weighted by Crippen LogP contribution is 2.43. The van der Waals surface area contributed by atoms with Gasteiger partial charge in [-0.15, -0.1) is 0 Å². The number of anilines is 1. The summed E-state index contributed by atoms with van der Waals surface area (Å²) in [6.07, 6.45) is 11.4. The van der Waals surface area contributed by atoms with Crippen molar-refractivity contribution in [2.75, 3.05) is 18.4 Å². The average Bonchev–Trinajstić information content (AvgIpc) is 3.61. The highest BCUT2D eigenvalue weighted by atomic mass is 79.9. The van der Waals surface area contributed by atoms with Crippen LogP contribution in [0.5, 0.6) is 0 Å². The predicted octanol–water partition coefficient (Wildman–Crippen LogP) is 5.72. The molecule has 0 bridgehead atoms. The Morgan fingerprint density at radius 2 is 1.84 bits per heavy atom. The van der Waals surface area contributed by atoms with Crippen LogP contribution in [0, 0.1) is 0 Å². The van der Waals surface area contributed by atoms with Crippen molar-refractivity contribution in [3.05, 3.63) is 88.4 Å². The quantitative estimate of drug-likeness (QED) is 0.327. The fourth-order valence-corrected chi connectivity index (χ4v) is 6.38. The van der Waals surface area contributed by atoms with Gasteiger partial charge in [0.1, 0.15) is 5.82 Å². The van der Waals surface area contributed by atoms with Crippen molar-refractivity contribution in [1.82, 2.24) is 24.5 Å². The van der Waals surface area contributed by atoms with Crippen molar-refractivity contribution in [1.29, 1.82) is 0 Å². The lowest BCUT2D eigenvalue weighted by atomic mass is 9.77. The van der Waals surface area contributed by atoms with Crippen LogP contribution in [0.3, 0.4) is 0 Å². The molecule has 1 aromatic carbocycles. The zero-order valence-corrected chi connectivity index (χ0v) is 22.4. The van der Waals surface area contributed by atoms with Gasteiger partial charge in [0.2, 0.25) is 5.91 Å². The zero-order chi connectivity index (χ0) is 25.2. The van der Waals surface area contributed by atoms with Crippen molar-refractivity contribution < 1.29 is 4.79 Å². The third-order valence-corrected chi connectivity index (χ3v) is 8.60. The molecule has 1 aliphatic carbocycles. The topological polar surface area (TPSA) is 75.4 Å². The molecule has 6 rings (SSSR count). The van der Waals surface area contributed by atoms with Gasteiger partial charge in [-0.05, 0) is 58.8 Å². The predicted molar refractivity (Wildman–Crippen MR) is 147 cm³/mol. The van der Waals surface area contributed by atoms with Crippen LogP contribution in [0.15, 0.2) is 71.6 Å². The van der Waals surface area contributed by atoms with Gasteiger partial charge in [0.25, 0.3) is 0 Å². The van der Waals surface area contributed by atoms with E-state index >= 15 is 0 Å². The summed E-state index contributed by atoms with van der Waals surface area (Å²) in [5, 5.41) is 8.03. The summed E-state index contributed by atoms with van der Waals surface area (Å²) in [6, 6.07) is 16.5. The van der Waals surface area contributed by atoms with E-state index in [0.29, 0.717) is 18.4 Å². The number of carbonyl (C=O) groups excluding carboxylic acids is 1. The molecule has 0 radical (unpaired) electrons. The Morgan fingerprint density at radius 3 is 2.57 bits per heavy atom. The van der Waals surface area contributed by atoms with Crippen molar-refractivity contribution in [3.8, 4) is 0 Å². The molecule has 1 saturated carbocycles. The molecule has 2 aliphatic rings. The molecule has 0 atom stereocenters. The summed E-state index contributed by atoms with van der Waals surface area (Å²) in [4.78, 5) is 25.2. The number of piperidine rings is 1. The minimum absolute atomic E-state index is 0.297. The van der Waals surface area contributed by atoms with E-state index < -0.39 is 0 Å². The van der Waals surface area contributed by atoms with Crippen LogP contribution in [0.4, 0.5) is 5.82 Å². The van der Waals surface area contributed by atoms with Gasteiger partial charge in [0.15, 0.2) is 5.65 Å². The first-order valence-corrected chi connectivity index (χ1v) is 14.0. The van der Waals surface area contributed by atoms with Crippen LogP contribution in [0.2, 0.25) is 0 Å². The summed E-state index contributed by atoms with van der Waals surface area (Å²) >= 11 is 3.61. The fourth-order valence-electron chi connectivity index (χ4n) is 6.03. The minimum Gasteiger partial charge on any atom is -0.366 e. The molecule has 1 saturated heterocycles. The van der Waals surface area contributed by atoms with E-state index in [9.17, 15) is 4.79 Å². The van der Waals surface area contributed by atoms with Gasteiger partial charge in [0, 0.05) is 49.7 Å². The lowest BCUT2D eigenvalue weighted by Crippen LogP contribution is -2.48. The van der Waals surface area contributed by atoms with Gasteiger partial charge in [-0.2, -0.15) is 9.61 Å². The summed E-state index contributed by atoms with van der Waals surface area (Å²) < 4.78 is 2.71. The Kier molecular flexibility index (Phi) is 6.67. The van der Waals surface area contributed by atoms with Crippen LogP contribution in [-0.2, 0) is 16.8 Å². The van der Waals surface area contributed by atoms with Crippen molar-refractivity contribution in [2.24, 2.45) is 0 Å². The molecule has 2 fully saturated rings. The fraction of sp³-hybridized carbons (Fsp3) is 0.379. The third-order valence-electron chi connectivity index (χ3n) is 8.04. The SMILES string of the molecule is O=C(N1CCC(c2cc(NCc3cccnc3)n3ncc(Br)c3n2)CC1)C1(c2ccccc2)CCCC1. The number of hydrogen-bond acceptors (Lipinski definition) is 5. The normalized spacial score (nSPS) is 17.8. The molecule has 0 unspecified atom stereocenters. The van der Waals surface area contributed by atoms with Gasteiger partial charge in [0.05, 0.1) is 16.1 Å². The second-order valence-electron chi connectivity index (χ2n) is 10.2. The molecule has 8 heteroatoms. The van der Waals surface area contributed by atoms with Gasteiger partial charge >= 0.3 is 0 Å². The second-order valence-corrected chi connectivity index (χ2v) is 11.1. The Labute approximate surface area is 225 Å². The van der Waals surface area contributed by atoms with E-state index in [2.05, 4.69) is 72.6 Å². The van der Waals surface area contributed by atoms with Crippen LogP contribution in [0.1, 0.15) is 61.3 Å². The molecule has 1 N–H and O–H groups in total. The number of nitrogens with one attached hydrogen (secondary N) is 1. The first kappa shape index (κ1) is 24.1. The van der Waals surface area contributed by atoms with E-state index in [1.807, 2.05) is 22.8 Å². The Morgan fingerprint density at radius 1 is 1.05 bits per heavy atom. The van der Waals surface area contributed by atoms with Gasteiger partial charge in [-0.1, -0.05) is 49.2 Å². The number of fused-ring (bicyclic) bond motifs is 1. The maximum absolute atomic E-state index is 13.9. The number of likely N-dealkylation sites (tertiary alicyclic amines) is 1.